The molecule has 11 heavy (non-hydrogen) atoms. The van der Waals surface area contributed by atoms with Crippen molar-refractivity contribution in [2.75, 3.05) is 0 Å². The van der Waals surface area contributed by atoms with Gasteiger partial charge in [0.25, 0.3) is 0 Å². The molecule has 0 aromatic rings. The van der Waals surface area contributed by atoms with Crippen molar-refractivity contribution in [2.45, 2.75) is 31.5 Å². The van der Waals surface area contributed by atoms with Crippen molar-refractivity contribution in [2.24, 2.45) is 17.0 Å². The maximum atomic E-state index is 13.0. The molecule has 0 aromatic carbocycles. The minimum absolute atomic E-state index is 0.0324. The minimum atomic E-state index is -0.704. The third-order valence-electron chi connectivity index (χ3n) is 2.97. The highest BCUT2D eigenvalue weighted by atomic mass is 19.1. The first-order valence-electron chi connectivity index (χ1n) is 4.01. The van der Waals surface area contributed by atoms with Gasteiger partial charge in [-0.3, -0.25) is 0 Å². The van der Waals surface area contributed by atoms with E-state index in [2.05, 4.69) is 10.0 Å². The van der Waals surface area contributed by atoms with Gasteiger partial charge in [0.2, 0.25) is 0 Å². The molecule has 0 radical (unpaired) electrons. The molecule has 2 saturated carbocycles. The molecule has 4 unspecified atom stereocenters. The zero-order chi connectivity index (χ0) is 7.84. The van der Waals surface area contributed by atoms with Gasteiger partial charge in [-0.2, -0.15) is 0 Å². The van der Waals surface area contributed by atoms with Gasteiger partial charge < -0.3 is 0 Å². The van der Waals surface area contributed by atoms with Crippen LogP contribution in [0.3, 0.4) is 0 Å². The summed E-state index contributed by atoms with van der Waals surface area (Å²) in [6.45, 7) is 0. The highest BCUT2D eigenvalue weighted by Gasteiger charge is 2.47. The molecule has 0 saturated heterocycles. The number of nitrogens with zero attached hydrogens (tertiary/aromatic N) is 3. The van der Waals surface area contributed by atoms with E-state index in [1.54, 1.807) is 0 Å². The van der Waals surface area contributed by atoms with Crippen LogP contribution in [-0.4, -0.2) is 12.2 Å². The van der Waals surface area contributed by atoms with E-state index in [0.717, 1.165) is 12.8 Å². The quantitative estimate of drug-likeness (QED) is 0.317. The molecule has 2 bridgehead atoms. The van der Waals surface area contributed by atoms with Gasteiger partial charge in [0.05, 0.1) is 0 Å². The molecular weight excluding hydrogens is 145 g/mol. The maximum Gasteiger partial charge on any atom is 0.104 e. The van der Waals surface area contributed by atoms with Crippen molar-refractivity contribution in [3.63, 3.8) is 0 Å². The molecule has 2 rings (SSSR count). The van der Waals surface area contributed by atoms with Crippen LogP contribution < -0.4 is 0 Å². The fourth-order valence-electron chi connectivity index (χ4n) is 2.45. The average molecular weight is 155 g/mol. The molecular formula is C7H10FN3. The van der Waals surface area contributed by atoms with Crippen LogP contribution in [0.25, 0.3) is 10.4 Å². The summed E-state index contributed by atoms with van der Waals surface area (Å²) < 4.78 is 13.0. The minimum Gasteiger partial charge on any atom is -0.247 e. The molecule has 0 N–H and O–H groups in total. The van der Waals surface area contributed by atoms with Gasteiger partial charge >= 0.3 is 0 Å². The lowest BCUT2D eigenvalue weighted by Crippen LogP contribution is -2.14. The Balaban J connectivity index is 2.18. The number of halogens is 1. The van der Waals surface area contributed by atoms with Crippen LogP contribution in [0.2, 0.25) is 0 Å². The van der Waals surface area contributed by atoms with Gasteiger partial charge in [-0.1, -0.05) is 5.11 Å². The van der Waals surface area contributed by atoms with E-state index in [9.17, 15) is 4.39 Å². The van der Waals surface area contributed by atoms with E-state index in [1.807, 2.05) is 0 Å². The Labute approximate surface area is 64.2 Å². The van der Waals surface area contributed by atoms with E-state index in [1.165, 1.54) is 0 Å². The summed E-state index contributed by atoms with van der Waals surface area (Å²) in [5, 5.41) is 3.64. The Hall–Kier alpha value is -0.760. The largest absolute Gasteiger partial charge is 0.247 e. The van der Waals surface area contributed by atoms with Crippen LogP contribution in [-0.2, 0) is 0 Å². The average Bonchev–Trinajstić information content (AvgIpc) is 2.46. The Morgan fingerprint density at radius 2 is 2.27 bits per heavy atom. The zero-order valence-corrected chi connectivity index (χ0v) is 6.15. The molecule has 3 nitrogen and oxygen atoms in total. The zero-order valence-electron chi connectivity index (χ0n) is 6.15. The van der Waals surface area contributed by atoms with Crippen LogP contribution in [0.15, 0.2) is 5.11 Å². The van der Waals surface area contributed by atoms with E-state index in [0.29, 0.717) is 12.3 Å². The number of azide groups is 1. The Morgan fingerprint density at radius 1 is 1.45 bits per heavy atom. The van der Waals surface area contributed by atoms with Gasteiger partial charge in [0.15, 0.2) is 0 Å². The summed E-state index contributed by atoms with van der Waals surface area (Å²) in [4.78, 5) is 2.75. The van der Waals surface area contributed by atoms with Crippen molar-refractivity contribution in [1.82, 2.24) is 0 Å². The Kier molecular flexibility index (Phi) is 1.50. The van der Waals surface area contributed by atoms with Crippen molar-refractivity contribution < 1.29 is 4.39 Å². The third kappa shape index (κ3) is 0.897. The molecule has 4 heteroatoms. The Bertz CT molecular complexity index is 212. The molecule has 2 aliphatic rings. The second-order valence-corrected chi connectivity index (χ2v) is 3.45. The van der Waals surface area contributed by atoms with Crippen molar-refractivity contribution in [3.8, 4) is 0 Å². The normalized spacial score (nSPS) is 47.4. The van der Waals surface area contributed by atoms with Gasteiger partial charge in [-0.15, -0.1) is 0 Å². The predicted octanol–water partition coefficient (Wildman–Crippen LogP) is 2.43. The lowest BCUT2D eigenvalue weighted by Gasteiger charge is -2.12. The van der Waals surface area contributed by atoms with E-state index in [-0.39, 0.29) is 12.0 Å². The van der Waals surface area contributed by atoms with Crippen LogP contribution in [0, 0.1) is 11.8 Å². The molecule has 0 amide bonds. The SMILES string of the molecule is [N-]=[N+]=NC1C2CCC1C(F)C2. The summed E-state index contributed by atoms with van der Waals surface area (Å²) in [5.74, 6) is 0.377. The first-order valence-corrected chi connectivity index (χ1v) is 4.01. The fourth-order valence-corrected chi connectivity index (χ4v) is 2.45. The lowest BCUT2D eigenvalue weighted by atomic mass is 9.99. The number of hydrogen-bond acceptors (Lipinski definition) is 1. The van der Waals surface area contributed by atoms with E-state index >= 15 is 0 Å². The van der Waals surface area contributed by atoms with Crippen LogP contribution >= 0.6 is 0 Å². The second kappa shape index (κ2) is 2.38. The summed E-state index contributed by atoms with van der Waals surface area (Å²) in [6, 6.07) is -0.0324. The summed E-state index contributed by atoms with van der Waals surface area (Å²) in [6.07, 6.45) is 1.88. The fraction of sp³-hybridized carbons (Fsp3) is 1.00. The second-order valence-electron chi connectivity index (χ2n) is 3.45. The number of alkyl halides is 1. The van der Waals surface area contributed by atoms with Gasteiger partial charge in [-0.25, -0.2) is 4.39 Å². The summed E-state index contributed by atoms with van der Waals surface area (Å²) >= 11 is 0. The van der Waals surface area contributed by atoms with E-state index in [4.69, 9.17) is 5.53 Å². The van der Waals surface area contributed by atoms with Crippen molar-refractivity contribution in [3.05, 3.63) is 10.4 Å². The van der Waals surface area contributed by atoms with Gasteiger partial charge in [-0.05, 0) is 36.6 Å². The predicted molar refractivity (Wildman–Crippen MR) is 38.7 cm³/mol. The van der Waals surface area contributed by atoms with Crippen LogP contribution in [0.4, 0.5) is 4.39 Å². The third-order valence-corrected chi connectivity index (χ3v) is 2.97. The molecule has 4 atom stereocenters. The van der Waals surface area contributed by atoms with Gasteiger partial charge in [0.1, 0.15) is 6.17 Å². The first-order chi connectivity index (χ1) is 5.33. The highest BCUT2D eigenvalue weighted by molar-refractivity contribution is 5.01. The lowest BCUT2D eigenvalue weighted by molar-refractivity contribution is 0.228. The van der Waals surface area contributed by atoms with E-state index < -0.39 is 6.17 Å². The number of rotatable bonds is 1. The number of fused-ring (bicyclic) bond motifs is 2. The van der Waals surface area contributed by atoms with Crippen LogP contribution in [0.5, 0.6) is 0 Å². The molecule has 0 aliphatic heterocycles. The monoisotopic (exact) mass is 155 g/mol. The smallest absolute Gasteiger partial charge is 0.104 e. The van der Waals surface area contributed by atoms with Crippen molar-refractivity contribution in [1.29, 1.82) is 0 Å². The molecule has 0 aromatic heterocycles. The summed E-state index contributed by atoms with van der Waals surface area (Å²) in [7, 11) is 0. The maximum absolute atomic E-state index is 13.0. The molecule has 0 heterocycles. The first kappa shape index (κ1) is 6.92. The van der Waals surface area contributed by atoms with Crippen LogP contribution in [0.1, 0.15) is 19.3 Å². The van der Waals surface area contributed by atoms with Crippen molar-refractivity contribution >= 4 is 0 Å². The topological polar surface area (TPSA) is 48.8 Å². The molecule has 2 aliphatic carbocycles. The summed E-state index contributed by atoms with van der Waals surface area (Å²) in [5.41, 5.74) is 8.21. The number of hydrogen-bond donors (Lipinski definition) is 0. The standard InChI is InChI=1S/C7H10FN3/c8-6-3-4-1-2-5(6)7(4)10-11-9/h4-7H,1-3H2. The van der Waals surface area contributed by atoms with Gasteiger partial charge in [0, 0.05) is 11.0 Å². The Morgan fingerprint density at radius 3 is 2.73 bits per heavy atom. The molecule has 60 valence electrons. The molecule has 0 spiro atoms. The molecule has 2 fully saturated rings. The highest BCUT2D eigenvalue weighted by Crippen LogP contribution is 2.47.